The molecule has 0 radical (unpaired) electrons. The number of halogens is 3. The van der Waals surface area contributed by atoms with Crippen LogP contribution in [-0.2, 0) is 11.0 Å². The molecule has 1 unspecified atom stereocenters. The molecular weight excluding hydrogens is 289 g/mol. The highest BCUT2D eigenvalue weighted by Crippen LogP contribution is 2.34. The van der Waals surface area contributed by atoms with E-state index < -0.39 is 35.1 Å². The first-order chi connectivity index (χ1) is 9.70. The molecule has 8 heteroatoms. The summed E-state index contributed by atoms with van der Waals surface area (Å²) >= 11 is 0. The fourth-order valence-corrected chi connectivity index (χ4v) is 2.37. The fraction of sp³-hybridized carbons (Fsp3) is 0.385. The Morgan fingerprint density at radius 1 is 1.33 bits per heavy atom. The molecule has 2 rings (SSSR count). The van der Waals surface area contributed by atoms with Crippen molar-refractivity contribution in [3.8, 4) is 0 Å². The highest BCUT2D eigenvalue weighted by atomic mass is 19.4. The van der Waals surface area contributed by atoms with E-state index in [-0.39, 0.29) is 12.2 Å². The molecule has 1 fully saturated rings. The molecule has 0 aliphatic carbocycles. The van der Waals surface area contributed by atoms with Crippen molar-refractivity contribution < 1.29 is 27.9 Å². The second-order valence-electron chi connectivity index (χ2n) is 4.87. The Hall–Kier alpha value is -2.25. The number of aromatic carboxylic acids is 1. The van der Waals surface area contributed by atoms with Crippen LogP contribution in [0.5, 0.6) is 0 Å². The third kappa shape index (κ3) is 3.09. The Kier molecular flexibility index (Phi) is 3.80. The predicted octanol–water partition coefficient (Wildman–Crippen LogP) is 1.72. The standard InChI is InChI=1S/C13H13F3N2O3/c14-13(15,16)8-1-2-10(9(5-8)12(20)21)18-4-3-7(6-18)11(17)19/h1-2,5,7H,3-4,6H2,(H2,17,19)(H,20,21). The molecule has 3 N–H and O–H groups in total. The van der Waals surface area contributed by atoms with Gasteiger partial charge in [-0.05, 0) is 24.6 Å². The summed E-state index contributed by atoms with van der Waals surface area (Å²) in [4.78, 5) is 23.9. The van der Waals surface area contributed by atoms with E-state index in [1.807, 2.05) is 0 Å². The monoisotopic (exact) mass is 302 g/mol. The van der Waals surface area contributed by atoms with Gasteiger partial charge in [-0.3, -0.25) is 4.79 Å². The first kappa shape index (κ1) is 15.1. The van der Waals surface area contributed by atoms with Gasteiger partial charge in [0.25, 0.3) is 0 Å². The molecule has 0 aromatic heterocycles. The Morgan fingerprint density at radius 2 is 2.00 bits per heavy atom. The molecule has 1 atom stereocenters. The Labute approximate surface area is 118 Å². The lowest BCUT2D eigenvalue weighted by molar-refractivity contribution is -0.137. The summed E-state index contributed by atoms with van der Waals surface area (Å²) in [6.07, 6.45) is -4.15. The number of nitrogens with zero attached hydrogens (tertiary/aromatic N) is 1. The normalized spacial score (nSPS) is 18.8. The molecule has 0 saturated carbocycles. The van der Waals surface area contributed by atoms with Gasteiger partial charge in [0, 0.05) is 13.1 Å². The number of carboxylic acids is 1. The third-order valence-corrected chi connectivity index (χ3v) is 3.49. The largest absolute Gasteiger partial charge is 0.478 e. The molecule has 21 heavy (non-hydrogen) atoms. The average Bonchev–Trinajstić information content (AvgIpc) is 2.86. The fourth-order valence-electron chi connectivity index (χ4n) is 2.37. The van der Waals surface area contributed by atoms with Crippen molar-refractivity contribution in [1.82, 2.24) is 0 Å². The van der Waals surface area contributed by atoms with Gasteiger partial charge in [0.15, 0.2) is 0 Å². The summed E-state index contributed by atoms with van der Waals surface area (Å²) in [6, 6.07) is 2.56. The number of nitrogens with two attached hydrogens (primary N) is 1. The average molecular weight is 302 g/mol. The molecule has 1 amide bonds. The number of amides is 1. The number of hydrogen-bond acceptors (Lipinski definition) is 3. The van der Waals surface area contributed by atoms with E-state index in [2.05, 4.69) is 0 Å². The topological polar surface area (TPSA) is 83.6 Å². The summed E-state index contributed by atoms with van der Waals surface area (Å²) in [7, 11) is 0. The van der Waals surface area contributed by atoms with Crippen LogP contribution in [0.1, 0.15) is 22.3 Å². The minimum atomic E-state index is -4.61. The van der Waals surface area contributed by atoms with Crippen LogP contribution < -0.4 is 10.6 Å². The molecular formula is C13H13F3N2O3. The molecule has 0 spiro atoms. The molecule has 1 aromatic carbocycles. The Morgan fingerprint density at radius 3 is 2.48 bits per heavy atom. The molecule has 1 aliphatic heterocycles. The second kappa shape index (κ2) is 5.27. The molecule has 1 aliphatic rings. The summed E-state index contributed by atoms with van der Waals surface area (Å²) < 4.78 is 37.9. The summed E-state index contributed by atoms with van der Waals surface area (Å²) in [5.41, 5.74) is 3.90. The van der Waals surface area contributed by atoms with Crippen LogP contribution in [0.2, 0.25) is 0 Å². The maximum absolute atomic E-state index is 12.6. The van der Waals surface area contributed by atoms with Gasteiger partial charge < -0.3 is 15.7 Å². The van der Waals surface area contributed by atoms with Gasteiger partial charge in [0.05, 0.1) is 22.7 Å². The molecule has 1 saturated heterocycles. The van der Waals surface area contributed by atoms with Gasteiger partial charge in [-0.25, -0.2) is 4.79 Å². The van der Waals surface area contributed by atoms with Crippen molar-refractivity contribution in [2.24, 2.45) is 11.7 Å². The van der Waals surface area contributed by atoms with Crippen molar-refractivity contribution in [2.75, 3.05) is 18.0 Å². The number of carboxylic acid groups (broad SMARTS) is 1. The Balaban J connectivity index is 2.36. The molecule has 1 aromatic rings. The van der Waals surface area contributed by atoms with E-state index in [0.717, 1.165) is 12.1 Å². The number of benzene rings is 1. The maximum Gasteiger partial charge on any atom is 0.416 e. The number of carbonyl (C=O) groups is 2. The number of anilines is 1. The zero-order valence-corrected chi connectivity index (χ0v) is 10.9. The van der Waals surface area contributed by atoms with E-state index >= 15 is 0 Å². The van der Waals surface area contributed by atoms with Crippen LogP contribution in [0.4, 0.5) is 18.9 Å². The minimum Gasteiger partial charge on any atom is -0.478 e. The van der Waals surface area contributed by atoms with Crippen LogP contribution in [0.15, 0.2) is 18.2 Å². The lowest BCUT2D eigenvalue weighted by Crippen LogP contribution is -2.28. The van der Waals surface area contributed by atoms with Crippen LogP contribution in [0.25, 0.3) is 0 Å². The molecule has 1 heterocycles. The van der Waals surface area contributed by atoms with E-state index in [9.17, 15) is 22.8 Å². The van der Waals surface area contributed by atoms with Gasteiger partial charge in [0.1, 0.15) is 0 Å². The SMILES string of the molecule is NC(=O)C1CCN(c2ccc(C(F)(F)F)cc2C(=O)O)C1. The van der Waals surface area contributed by atoms with E-state index in [0.29, 0.717) is 19.0 Å². The quantitative estimate of drug-likeness (QED) is 0.890. The predicted molar refractivity (Wildman–Crippen MR) is 67.9 cm³/mol. The maximum atomic E-state index is 12.6. The van der Waals surface area contributed by atoms with Crippen molar-refractivity contribution in [1.29, 1.82) is 0 Å². The second-order valence-corrected chi connectivity index (χ2v) is 4.87. The summed E-state index contributed by atoms with van der Waals surface area (Å²) in [5, 5.41) is 9.11. The van der Waals surface area contributed by atoms with Gasteiger partial charge >= 0.3 is 12.1 Å². The van der Waals surface area contributed by atoms with E-state index in [1.165, 1.54) is 0 Å². The number of hydrogen-bond donors (Lipinski definition) is 2. The van der Waals surface area contributed by atoms with Crippen LogP contribution >= 0.6 is 0 Å². The first-order valence-electron chi connectivity index (χ1n) is 6.19. The van der Waals surface area contributed by atoms with Crippen molar-refractivity contribution in [3.05, 3.63) is 29.3 Å². The van der Waals surface area contributed by atoms with E-state index in [1.54, 1.807) is 4.90 Å². The zero-order chi connectivity index (χ0) is 15.8. The lowest BCUT2D eigenvalue weighted by Gasteiger charge is -2.21. The molecule has 114 valence electrons. The smallest absolute Gasteiger partial charge is 0.416 e. The number of alkyl halides is 3. The van der Waals surface area contributed by atoms with Gasteiger partial charge in [-0.1, -0.05) is 0 Å². The van der Waals surface area contributed by atoms with Crippen LogP contribution in [0.3, 0.4) is 0 Å². The van der Waals surface area contributed by atoms with Crippen molar-refractivity contribution in [3.63, 3.8) is 0 Å². The Bertz CT molecular complexity index is 587. The van der Waals surface area contributed by atoms with Crippen molar-refractivity contribution in [2.45, 2.75) is 12.6 Å². The summed E-state index contributed by atoms with van der Waals surface area (Å²) in [5.74, 6) is -2.37. The lowest BCUT2D eigenvalue weighted by atomic mass is 10.1. The number of rotatable bonds is 3. The van der Waals surface area contributed by atoms with Gasteiger partial charge in [0.2, 0.25) is 5.91 Å². The minimum absolute atomic E-state index is 0.166. The van der Waals surface area contributed by atoms with Gasteiger partial charge in [-0.15, -0.1) is 0 Å². The van der Waals surface area contributed by atoms with E-state index in [4.69, 9.17) is 10.8 Å². The molecule has 0 bridgehead atoms. The van der Waals surface area contributed by atoms with Gasteiger partial charge in [-0.2, -0.15) is 13.2 Å². The number of primary amides is 1. The summed E-state index contributed by atoms with van der Waals surface area (Å²) in [6.45, 7) is 0.584. The third-order valence-electron chi connectivity index (χ3n) is 3.49. The zero-order valence-electron chi connectivity index (χ0n) is 10.9. The van der Waals surface area contributed by atoms with Crippen LogP contribution in [0, 0.1) is 5.92 Å². The highest BCUT2D eigenvalue weighted by Gasteiger charge is 2.34. The first-order valence-corrected chi connectivity index (χ1v) is 6.19. The number of carbonyl (C=O) groups excluding carboxylic acids is 1. The molecule has 5 nitrogen and oxygen atoms in total. The highest BCUT2D eigenvalue weighted by molar-refractivity contribution is 5.95. The van der Waals surface area contributed by atoms with Crippen LogP contribution in [-0.4, -0.2) is 30.1 Å². The van der Waals surface area contributed by atoms with Crippen molar-refractivity contribution >= 4 is 17.6 Å².